The van der Waals surface area contributed by atoms with Gasteiger partial charge in [0, 0.05) is 35.8 Å². The number of carboxylic acids is 6. The summed E-state index contributed by atoms with van der Waals surface area (Å²) >= 11 is 0. The molecule has 0 aliphatic heterocycles. The molecule has 0 aromatic carbocycles. The Hall–Kier alpha value is -2.23. The summed E-state index contributed by atoms with van der Waals surface area (Å²) in [6.07, 6.45) is 50.1. The summed E-state index contributed by atoms with van der Waals surface area (Å²) < 4.78 is 0. The van der Waals surface area contributed by atoms with Gasteiger partial charge in [-0.05, 0) is 77.0 Å². The number of hydrogen-bond donors (Lipinski definition) is 0. The van der Waals surface area contributed by atoms with Crippen molar-refractivity contribution in [2.24, 2.45) is 0 Å². The normalized spacial score (nSPS) is 9.81. The molecule has 0 atom stereocenters. The summed E-state index contributed by atoms with van der Waals surface area (Å²) in [7, 11) is 0. The molecule has 434 valence electrons. The van der Waals surface area contributed by atoms with Gasteiger partial charge in [0.05, 0.1) is 0 Å². The van der Waals surface area contributed by atoms with Crippen LogP contribution in [0.1, 0.15) is 350 Å². The monoisotopic (exact) mass is 1250 g/mol. The number of aliphatic carboxylic acids is 6. The molecular formula is C60H114BBiO12. The van der Waals surface area contributed by atoms with E-state index >= 15 is 0 Å². The Morgan fingerprint density at radius 1 is 0.189 bits per heavy atom. The van der Waals surface area contributed by atoms with Crippen LogP contribution in [-0.2, 0) is 28.8 Å². The van der Waals surface area contributed by atoms with Crippen molar-refractivity contribution in [1.82, 2.24) is 0 Å². The van der Waals surface area contributed by atoms with E-state index in [1.807, 2.05) is 0 Å². The van der Waals surface area contributed by atoms with E-state index < -0.39 is 35.8 Å². The summed E-state index contributed by atoms with van der Waals surface area (Å²) in [5.41, 5.74) is 0. The predicted octanol–water partition coefficient (Wildman–Crippen LogP) is 10.5. The van der Waals surface area contributed by atoms with Gasteiger partial charge < -0.3 is 59.4 Å². The van der Waals surface area contributed by atoms with Crippen LogP contribution >= 0.6 is 0 Å². The van der Waals surface area contributed by atoms with Gasteiger partial charge in [0.2, 0.25) is 0 Å². The number of rotatable bonds is 48. The standard InChI is InChI=1S/6C10H20O2.B.Bi/c6*1-2-3-4-5-6-7-8-9-10(11)12;;/h6*2-9H2,1H3,(H,11,12);;/q;;;;;;2*+3/p-6. The van der Waals surface area contributed by atoms with E-state index in [1.54, 1.807) is 0 Å². The van der Waals surface area contributed by atoms with Crippen molar-refractivity contribution >= 4 is 70.4 Å². The molecule has 0 amide bonds. The van der Waals surface area contributed by atoms with Crippen molar-refractivity contribution in [2.45, 2.75) is 350 Å². The molecule has 0 aromatic heterocycles. The van der Waals surface area contributed by atoms with Crippen LogP contribution in [0.2, 0.25) is 0 Å². The van der Waals surface area contributed by atoms with Gasteiger partial charge in [0.1, 0.15) is 0 Å². The molecule has 0 bridgehead atoms. The smallest absolute Gasteiger partial charge is 0.550 e. The number of unbranched alkanes of at least 4 members (excludes halogenated alkanes) is 36. The minimum Gasteiger partial charge on any atom is -0.550 e. The largest absolute Gasteiger partial charge is 3.00 e. The number of carboxylic acid groups (broad SMARTS) is 6. The van der Waals surface area contributed by atoms with Crippen LogP contribution in [0.3, 0.4) is 0 Å². The molecule has 74 heavy (non-hydrogen) atoms. The van der Waals surface area contributed by atoms with E-state index in [-0.39, 0.29) is 73.1 Å². The van der Waals surface area contributed by atoms with Crippen molar-refractivity contribution in [1.29, 1.82) is 0 Å². The van der Waals surface area contributed by atoms with Gasteiger partial charge in [-0.2, -0.15) is 0 Å². The maximum absolute atomic E-state index is 10.0. The molecule has 0 unspecified atom stereocenters. The van der Waals surface area contributed by atoms with Gasteiger partial charge in [-0.25, -0.2) is 0 Å². The third-order valence-electron chi connectivity index (χ3n) is 11.9. The Labute approximate surface area is 477 Å². The van der Waals surface area contributed by atoms with Crippen LogP contribution in [0.5, 0.6) is 0 Å². The Morgan fingerprint density at radius 3 is 0.351 bits per heavy atom. The molecule has 0 rings (SSSR count). The molecule has 0 spiro atoms. The van der Waals surface area contributed by atoms with Gasteiger partial charge >= 0.3 is 34.6 Å². The second-order valence-electron chi connectivity index (χ2n) is 19.5. The predicted molar refractivity (Wildman–Crippen MR) is 297 cm³/mol. The average molecular weight is 1250 g/mol. The summed E-state index contributed by atoms with van der Waals surface area (Å²) in [5.74, 6) is -5.48. The second-order valence-corrected chi connectivity index (χ2v) is 19.5. The Balaban J connectivity index is -0.000000117. The SMILES string of the molecule is CCCCCCCCCC(=O)[O-].CCCCCCCCCC(=O)[O-].CCCCCCCCCC(=O)[O-].CCCCCCCCCC(=O)[O-].CCCCCCCCCC(=O)[O-].CCCCCCCCCC(=O)[O-].[B+3].[Bi+3]. The first-order valence-electron chi connectivity index (χ1n) is 29.8. The number of carbonyl (C=O) groups excluding carboxylic acids is 6. The molecule has 0 N–H and O–H groups in total. The molecule has 0 saturated heterocycles. The Morgan fingerprint density at radius 2 is 0.270 bits per heavy atom. The quantitative estimate of drug-likeness (QED) is 0.0408. The van der Waals surface area contributed by atoms with Crippen LogP contribution in [0.4, 0.5) is 0 Å². The first-order valence-corrected chi connectivity index (χ1v) is 29.8. The zero-order valence-corrected chi connectivity index (χ0v) is 52.3. The van der Waals surface area contributed by atoms with Crippen molar-refractivity contribution in [3.05, 3.63) is 0 Å². The third kappa shape index (κ3) is 123. The number of carbonyl (C=O) groups is 6. The first kappa shape index (κ1) is 88.4. The van der Waals surface area contributed by atoms with Crippen LogP contribution in [0, 0.1) is 0 Å². The maximum Gasteiger partial charge on any atom is 3.00 e. The molecule has 12 nitrogen and oxygen atoms in total. The Bertz CT molecular complexity index is 895. The Kier molecular flexibility index (Phi) is 101. The topological polar surface area (TPSA) is 241 Å². The van der Waals surface area contributed by atoms with Crippen molar-refractivity contribution in [2.75, 3.05) is 0 Å². The van der Waals surface area contributed by atoms with E-state index in [0.29, 0.717) is 0 Å². The van der Waals surface area contributed by atoms with Crippen molar-refractivity contribution < 1.29 is 59.4 Å². The zero-order chi connectivity index (χ0) is 55.4. The van der Waals surface area contributed by atoms with E-state index in [9.17, 15) is 59.4 Å². The fraction of sp³-hybridized carbons (Fsp3) is 0.900. The molecule has 14 heteroatoms. The van der Waals surface area contributed by atoms with Crippen LogP contribution in [0.25, 0.3) is 0 Å². The van der Waals surface area contributed by atoms with Crippen LogP contribution in [0.15, 0.2) is 0 Å². The zero-order valence-electron chi connectivity index (χ0n) is 48.9. The second kappa shape index (κ2) is 84.7. The third-order valence-corrected chi connectivity index (χ3v) is 11.9. The molecule has 0 saturated carbocycles. The van der Waals surface area contributed by atoms with E-state index in [2.05, 4.69) is 41.5 Å². The van der Waals surface area contributed by atoms with Gasteiger partial charge in [0.25, 0.3) is 0 Å². The average Bonchev–Trinajstić information content (AvgIpc) is 3.33. The van der Waals surface area contributed by atoms with Gasteiger partial charge in [-0.3, -0.25) is 0 Å². The summed E-state index contributed by atoms with van der Waals surface area (Å²) in [6, 6.07) is 0. The summed E-state index contributed by atoms with van der Waals surface area (Å²) in [5, 5.41) is 60.1. The van der Waals surface area contributed by atoms with Crippen molar-refractivity contribution in [3.63, 3.8) is 0 Å². The van der Waals surface area contributed by atoms with Crippen LogP contribution < -0.4 is 30.6 Å². The molecular weight excluding hydrogens is 1130 g/mol. The molecule has 0 aliphatic carbocycles. The van der Waals surface area contributed by atoms with E-state index in [4.69, 9.17) is 0 Å². The fourth-order valence-corrected chi connectivity index (χ4v) is 7.36. The van der Waals surface area contributed by atoms with Gasteiger partial charge in [0.15, 0.2) is 0 Å². The van der Waals surface area contributed by atoms with Gasteiger partial charge in [-0.1, -0.05) is 273 Å². The van der Waals surface area contributed by atoms with E-state index in [0.717, 1.165) is 77.0 Å². The molecule has 0 fully saturated rings. The maximum atomic E-state index is 10.0. The summed E-state index contributed by atoms with van der Waals surface area (Å²) in [6.45, 7) is 13.1. The molecule has 0 aliphatic rings. The molecule has 0 heterocycles. The first-order chi connectivity index (χ1) is 34.6. The van der Waals surface area contributed by atoms with Crippen LogP contribution in [-0.4, -0.2) is 70.4 Å². The fourth-order valence-electron chi connectivity index (χ4n) is 7.36. The molecule has 2 radical (unpaired) electrons. The minimum atomic E-state index is -0.913. The van der Waals surface area contributed by atoms with E-state index in [1.165, 1.54) is 193 Å². The minimum absolute atomic E-state index is 0. The summed E-state index contributed by atoms with van der Waals surface area (Å²) in [4.78, 5) is 60.1. The van der Waals surface area contributed by atoms with Crippen molar-refractivity contribution in [3.8, 4) is 0 Å². The molecule has 0 aromatic rings. The number of hydrogen-bond acceptors (Lipinski definition) is 12. The van der Waals surface area contributed by atoms with Gasteiger partial charge in [-0.15, -0.1) is 0 Å².